The molecule has 0 saturated heterocycles. The van der Waals surface area contributed by atoms with Crippen LogP contribution in [0.15, 0.2) is 30.7 Å². The number of hydrogen-bond acceptors (Lipinski definition) is 3. The van der Waals surface area contributed by atoms with Crippen molar-refractivity contribution in [1.82, 2.24) is 15.0 Å². The number of anilines is 1. The molecule has 0 amide bonds. The van der Waals surface area contributed by atoms with Gasteiger partial charge in [0.15, 0.2) is 11.6 Å². The average Bonchev–Trinajstić information content (AvgIpc) is 2.78. The van der Waals surface area contributed by atoms with Gasteiger partial charge in [-0.05, 0) is 17.7 Å². The Morgan fingerprint density at radius 2 is 1.94 bits per heavy atom. The molecule has 0 bridgehead atoms. The van der Waals surface area contributed by atoms with Crippen LogP contribution in [0.25, 0.3) is 22.2 Å². The van der Waals surface area contributed by atoms with Crippen molar-refractivity contribution in [3.63, 3.8) is 0 Å². The third kappa shape index (κ3) is 1.50. The molecule has 0 radical (unpaired) electrons. The van der Waals surface area contributed by atoms with E-state index in [-0.39, 0.29) is 0 Å². The summed E-state index contributed by atoms with van der Waals surface area (Å²) < 4.78 is 26.1. The fraction of sp³-hybridized carbons (Fsp3) is 0. The molecule has 0 saturated carbocycles. The van der Waals surface area contributed by atoms with E-state index in [2.05, 4.69) is 15.0 Å². The van der Waals surface area contributed by atoms with Gasteiger partial charge in [0.05, 0.1) is 5.39 Å². The lowest BCUT2D eigenvalue weighted by Gasteiger charge is -2.02. The van der Waals surface area contributed by atoms with Gasteiger partial charge in [-0.3, -0.25) is 0 Å². The maximum atomic E-state index is 13.2. The molecule has 1 aromatic carbocycles. The largest absolute Gasteiger partial charge is 0.383 e. The predicted molar refractivity (Wildman–Crippen MR) is 63.7 cm³/mol. The molecule has 0 fully saturated rings. The van der Waals surface area contributed by atoms with Crippen LogP contribution in [0.3, 0.4) is 0 Å². The molecule has 0 atom stereocenters. The van der Waals surface area contributed by atoms with E-state index in [9.17, 15) is 8.78 Å². The quantitative estimate of drug-likeness (QED) is 0.693. The van der Waals surface area contributed by atoms with Crippen LogP contribution in [0.2, 0.25) is 0 Å². The maximum absolute atomic E-state index is 13.2. The smallest absolute Gasteiger partial charge is 0.159 e. The molecule has 18 heavy (non-hydrogen) atoms. The first-order valence-electron chi connectivity index (χ1n) is 5.20. The molecule has 3 rings (SSSR count). The molecule has 0 spiro atoms. The zero-order valence-electron chi connectivity index (χ0n) is 9.11. The van der Waals surface area contributed by atoms with Crippen molar-refractivity contribution in [3.05, 3.63) is 42.4 Å². The van der Waals surface area contributed by atoms with Crippen molar-refractivity contribution in [3.8, 4) is 11.1 Å². The standard InChI is InChI=1S/C12H8F2N4/c13-8-2-1-6(3-9(8)14)7-4-16-12-10(7)11(15)17-5-18-12/h1-5H,(H3,15,16,17,18). The van der Waals surface area contributed by atoms with E-state index < -0.39 is 11.6 Å². The summed E-state index contributed by atoms with van der Waals surface area (Å²) in [5, 5.41) is 0.600. The highest BCUT2D eigenvalue weighted by Gasteiger charge is 2.12. The number of hydrogen-bond donors (Lipinski definition) is 2. The number of rotatable bonds is 1. The summed E-state index contributed by atoms with van der Waals surface area (Å²) in [7, 11) is 0. The Bertz CT molecular complexity index is 736. The molecule has 2 aromatic heterocycles. The van der Waals surface area contributed by atoms with Crippen LogP contribution >= 0.6 is 0 Å². The molecular weight excluding hydrogens is 238 g/mol. The summed E-state index contributed by atoms with van der Waals surface area (Å²) in [6.07, 6.45) is 2.98. The number of H-pyrrole nitrogens is 1. The second-order valence-electron chi connectivity index (χ2n) is 3.81. The van der Waals surface area contributed by atoms with Crippen molar-refractivity contribution in [2.24, 2.45) is 0 Å². The highest BCUT2D eigenvalue weighted by molar-refractivity contribution is 6.00. The molecule has 0 aliphatic rings. The zero-order chi connectivity index (χ0) is 12.7. The van der Waals surface area contributed by atoms with Gasteiger partial charge in [0.2, 0.25) is 0 Å². The minimum atomic E-state index is -0.905. The second kappa shape index (κ2) is 3.76. The Morgan fingerprint density at radius 3 is 2.72 bits per heavy atom. The lowest BCUT2D eigenvalue weighted by molar-refractivity contribution is 0.509. The number of nitrogens with zero attached hydrogens (tertiary/aromatic N) is 2. The van der Waals surface area contributed by atoms with E-state index in [1.165, 1.54) is 12.4 Å². The van der Waals surface area contributed by atoms with E-state index in [1.54, 1.807) is 6.20 Å². The number of aromatic amines is 1. The van der Waals surface area contributed by atoms with Crippen molar-refractivity contribution in [2.45, 2.75) is 0 Å². The molecular formula is C12H8F2N4. The number of benzene rings is 1. The van der Waals surface area contributed by atoms with Crippen molar-refractivity contribution in [2.75, 3.05) is 5.73 Å². The molecule has 0 aliphatic carbocycles. The van der Waals surface area contributed by atoms with Gasteiger partial charge in [0, 0.05) is 11.8 Å². The number of nitrogen functional groups attached to an aromatic ring is 1. The van der Waals surface area contributed by atoms with Crippen LogP contribution < -0.4 is 5.73 Å². The van der Waals surface area contributed by atoms with Crippen LogP contribution in [-0.4, -0.2) is 15.0 Å². The van der Waals surface area contributed by atoms with Crippen molar-refractivity contribution < 1.29 is 8.78 Å². The molecule has 2 heterocycles. The first-order chi connectivity index (χ1) is 8.66. The van der Waals surface area contributed by atoms with Crippen LogP contribution in [0.5, 0.6) is 0 Å². The third-order valence-corrected chi connectivity index (χ3v) is 2.73. The van der Waals surface area contributed by atoms with Crippen LogP contribution in [-0.2, 0) is 0 Å². The molecule has 0 aliphatic heterocycles. The minimum Gasteiger partial charge on any atom is -0.383 e. The van der Waals surface area contributed by atoms with Gasteiger partial charge >= 0.3 is 0 Å². The summed E-state index contributed by atoms with van der Waals surface area (Å²) in [6, 6.07) is 3.67. The van der Waals surface area contributed by atoms with Crippen molar-refractivity contribution in [1.29, 1.82) is 0 Å². The summed E-state index contributed by atoms with van der Waals surface area (Å²) >= 11 is 0. The average molecular weight is 246 g/mol. The minimum absolute atomic E-state index is 0.293. The number of nitrogens with one attached hydrogen (secondary N) is 1. The summed E-state index contributed by atoms with van der Waals surface area (Å²) in [4.78, 5) is 10.8. The SMILES string of the molecule is Nc1ncnc2[nH]cc(-c3ccc(F)c(F)c3)c12. The number of halogens is 2. The first kappa shape index (κ1) is 10.6. The van der Waals surface area contributed by atoms with Crippen LogP contribution in [0, 0.1) is 11.6 Å². The molecule has 6 heteroatoms. The van der Waals surface area contributed by atoms with E-state index in [0.29, 0.717) is 28.0 Å². The number of aromatic nitrogens is 3. The van der Waals surface area contributed by atoms with E-state index in [4.69, 9.17) is 5.73 Å². The van der Waals surface area contributed by atoms with E-state index in [0.717, 1.165) is 12.1 Å². The van der Waals surface area contributed by atoms with Crippen LogP contribution in [0.1, 0.15) is 0 Å². The molecule has 3 N–H and O–H groups in total. The third-order valence-electron chi connectivity index (χ3n) is 2.73. The van der Waals surface area contributed by atoms with Gasteiger partial charge in [0.1, 0.15) is 17.8 Å². The fourth-order valence-corrected chi connectivity index (χ4v) is 1.88. The van der Waals surface area contributed by atoms with Gasteiger partial charge in [-0.15, -0.1) is 0 Å². The van der Waals surface area contributed by atoms with Crippen molar-refractivity contribution >= 4 is 16.9 Å². The predicted octanol–water partition coefficient (Wildman–Crippen LogP) is 2.49. The number of nitrogens with two attached hydrogens (primary N) is 1. The summed E-state index contributed by atoms with van der Waals surface area (Å²) in [6.45, 7) is 0. The second-order valence-corrected chi connectivity index (χ2v) is 3.81. The summed E-state index contributed by atoms with van der Waals surface area (Å²) in [5.74, 6) is -1.50. The highest BCUT2D eigenvalue weighted by atomic mass is 19.2. The zero-order valence-corrected chi connectivity index (χ0v) is 9.11. The van der Waals surface area contributed by atoms with E-state index >= 15 is 0 Å². The lowest BCUT2D eigenvalue weighted by atomic mass is 10.1. The van der Waals surface area contributed by atoms with Gasteiger partial charge in [0.25, 0.3) is 0 Å². The number of fused-ring (bicyclic) bond motifs is 1. The van der Waals surface area contributed by atoms with E-state index in [1.807, 2.05) is 0 Å². The Morgan fingerprint density at radius 1 is 1.11 bits per heavy atom. The maximum Gasteiger partial charge on any atom is 0.159 e. The van der Waals surface area contributed by atoms with Gasteiger partial charge < -0.3 is 10.7 Å². The molecule has 90 valence electrons. The summed E-state index contributed by atoms with van der Waals surface area (Å²) in [5.41, 5.74) is 7.48. The fourth-order valence-electron chi connectivity index (χ4n) is 1.88. The normalized spacial score (nSPS) is 11.0. The van der Waals surface area contributed by atoms with Gasteiger partial charge in [-0.25, -0.2) is 18.7 Å². The van der Waals surface area contributed by atoms with Crippen LogP contribution in [0.4, 0.5) is 14.6 Å². The van der Waals surface area contributed by atoms with Gasteiger partial charge in [-0.2, -0.15) is 0 Å². The Kier molecular flexibility index (Phi) is 2.22. The molecule has 0 unspecified atom stereocenters. The highest BCUT2D eigenvalue weighted by Crippen LogP contribution is 2.31. The Hall–Kier alpha value is -2.50. The topological polar surface area (TPSA) is 67.6 Å². The lowest BCUT2D eigenvalue weighted by Crippen LogP contribution is -1.92. The molecule has 3 aromatic rings. The monoisotopic (exact) mass is 246 g/mol. The Labute approximate surface area is 100 Å². The first-order valence-corrected chi connectivity index (χ1v) is 5.20. The Balaban J connectivity index is 2.28. The molecule has 4 nitrogen and oxygen atoms in total. The van der Waals surface area contributed by atoms with Gasteiger partial charge in [-0.1, -0.05) is 6.07 Å².